The van der Waals surface area contributed by atoms with E-state index in [1.54, 1.807) is 0 Å². The van der Waals surface area contributed by atoms with Gasteiger partial charge in [0.25, 0.3) is 5.91 Å². The molecule has 4 nitrogen and oxygen atoms in total. The van der Waals surface area contributed by atoms with E-state index in [-0.39, 0.29) is 11.8 Å². The van der Waals surface area contributed by atoms with Crippen LogP contribution in [0.4, 0.5) is 0 Å². The molecule has 2 N–H and O–H groups in total. The summed E-state index contributed by atoms with van der Waals surface area (Å²) in [5.41, 5.74) is 8.67. The number of benzene rings is 1. The van der Waals surface area contributed by atoms with Crippen LogP contribution in [0.2, 0.25) is 0 Å². The fourth-order valence-corrected chi connectivity index (χ4v) is 2.00. The molecule has 1 aromatic rings. The predicted octanol–water partition coefficient (Wildman–Crippen LogP) is 1.29. The van der Waals surface area contributed by atoms with Crippen molar-refractivity contribution in [3.8, 4) is 0 Å². The Labute approximate surface area is 101 Å². The molecule has 1 heterocycles. The minimum Gasteiger partial charge on any atom is -0.329 e. The van der Waals surface area contributed by atoms with Crippen molar-refractivity contribution in [3.05, 3.63) is 35.4 Å². The number of nitrogens with zero attached hydrogens (tertiary/aromatic N) is 2. The maximum Gasteiger partial charge on any atom is 0.253 e. The molecule has 0 saturated heterocycles. The maximum absolute atomic E-state index is 12.0. The number of carbonyl (C=O) groups is 1. The minimum absolute atomic E-state index is 0.00764. The van der Waals surface area contributed by atoms with E-state index >= 15 is 0 Å². The Balaban J connectivity index is 2.17. The first-order valence-electron chi connectivity index (χ1n) is 5.74. The molecule has 0 aliphatic carbocycles. The van der Waals surface area contributed by atoms with Crippen molar-refractivity contribution in [2.45, 2.75) is 20.4 Å². The van der Waals surface area contributed by atoms with Crippen LogP contribution in [0.3, 0.4) is 0 Å². The maximum atomic E-state index is 12.0. The quantitative estimate of drug-likeness (QED) is 0.852. The van der Waals surface area contributed by atoms with Gasteiger partial charge in [-0.2, -0.15) is 5.10 Å². The standard InChI is InChI=1S/C13H17N3O/c1-9-5-3-4-6-11(9)8-16-13(17)12(7-14)10(2)15-16/h3-6,12H,7-8,14H2,1-2H3. The van der Waals surface area contributed by atoms with Crippen LogP contribution in [0, 0.1) is 12.8 Å². The summed E-state index contributed by atoms with van der Waals surface area (Å²) in [5.74, 6) is -0.229. The molecule has 4 heteroatoms. The van der Waals surface area contributed by atoms with Crippen molar-refractivity contribution >= 4 is 11.6 Å². The molecule has 1 amide bonds. The third-order valence-electron chi connectivity index (χ3n) is 3.15. The third-order valence-corrected chi connectivity index (χ3v) is 3.15. The first-order valence-corrected chi connectivity index (χ1v) is 5.74. The Bertz CT molecular complexity index is 467. The molecule has 0 saturated carbocycles. The van der Waals surface area contributed by atoms with Crippen LogP contribution in [-0.2, 0) is 11.3 Å². The number of hydrogen-bond donors (Lipinski definition) is 1. The molecule has 90 valence electrons. The van der Waals surface area contributed by atoms with Gasteiger partial charge in [-0.15, -0.1) is 0 Å². The van der Waals surface area contributed by atoms with Gasteiger partial charge in [-0.25, -0.2) is 5.01 Å². The zero-order chi connectivity index (χ0) is 12.4. The lowest BCUT2D eigenvalue weighted by Gasteiger charge is -2.15. The Morgan fingerprint density at radius 1 is 1.35 bits per heavy atom. The van der Waals surface area contributed by atoms with Gasteiger partial charge in [0.1, 0.15) is 0 Å². The summed E-state index contributed by atoms with van der Waals surface area (Å²) in [5, 5.41) is 5.80. The molecule has 0 radical (unpaired) electrons. The van der Waals surface area contributed by atoms with Crippen LogP contribution >= 0.6 is 0 Å². The lowest BCUT2D eigenvalue weighted by atomic mass is 10.0. The Morgan fingerprint density at radius 2 is 2.06 bits per heavy atom. The van der Waals surface area contributed by atoms with Gasteiger partial charge in [0.2, 0.25) is 0 Å². The van der Waals surface area contributed by atoms with Gasteiger partial charge in [0.05, 0.1) is 12.5 Å². The third kappa shape index (κ3) is 2.22. The Morgan fingerprint density at radius 3 is 2.65 bits per heavy atom. The van der Waals surface area contributed by atoms with Crippen LogP contribution in [0.5, 0.6) is 0 Å². The fraction of sp³-hybridized carbons (Fsp3) is 0.385. The number of aryl methyl sites for hydroxylation is 1. The highest BCUT2D eigenvalue weighted by Crippen LogP contribution is 2.19. The topological polar surface area (TPSA) is 58.7 Å². The van der Waals surface area contributed by atoms with E-state index in [1.165, 1.54) is 10.6 Å². The van der Waals surface area contributed by atoms with Crippen molar-refractivity contribution in [2.24, 2.45) is 16.8 Å². The van der Waals surface area contributed by atoms with Gasteiger partial charge in [0, 0.05) is 12.3 Å². The number of rotatable bonds is 3. The second-order valence-electron chi connectivity index (χ2n) is 4.35. The van der Waals surface area contributed by atoms with Crippen molar-refractivity contribution in [1.82, 2.24) is 5.01 Å². The monoisotopic (exact) mass is 231 g/mol. The number of nitrogens with two attached hydrogens (primary N) is 1. The predicted molar refractivity (Wildman–Crippen MR) is 67.4 cm³/mol. The van der Waals surface area contributed by atoms with Gasteiger partial charge < -0.3 is 5.73 Å². The smallest absolute Gasteiger partial charge is 0.253 e. The largest absolute Gasteiger partial charge is 0.329 e. The molecule has 0 bridgehead atoms. The lowest BCUT2D eigenvalue weighted by molar-refractivity contribution is -0.132. The SMILES string of the molecule is CC1=NN(Cc2ccccc2C)C(=O)C1CN. The number of hydrogen-bond acceptors (Lipinski definition) is 3. The first-order chi connectivity index (χ1) is 8.13. The summed E-state index contributed by atoms with van der Waals surface area (Å²) in [6.07, 6.45) is 0. The summed E-state index contributed by atoms with van der Waals surface area (Å²) >= 11 is 0. The summed E-state index contributed by atoms with van der Waals surface area (Å²) in [6.45, 7) is 4.75. The molecule has 0 spiro atoms. The van der Waals surface area contributed by atoms with Crippen LogP contribution in [0.1, 0.15) is 18.1 Å². The van der Waals surface area contributed by atoms with Crippen LogP contribution in [0.15, 0.2) is 29.4 Å². The van der Waals surface area contributed by atoms with E-state index in [4.69, 9.17) is 5.73 Å². The summed E-state index contributed by atoms with van der Waals surface area (Å²) in [7, 11) is 0. The van der Waals surface area contributed by atoms with Crippen molar-refractivity contribution in [1.29, 1.82) is 0 Å². The van der Waals surface area contributed by atoms with Gasteiger partial charge in [0.15, 0.2) is 0 Å². The average molecular weight is 231 g/mol. The molecular formula is C13H17N3O. The van der Waals surface area contributed by atoms with Gasteiger partial charge in [-0.1, -0.05) is 24.3 Å². The van der Waals surface area contributed by atoms with E-state index in [0.29, 0.717) is 13.1 Å². The Kier molecular flexibility index (Phi) is 3.24. The fourth-order valence-electron chi connectivity index (χ4n) is 2.00. The van der Waals surface area contributed by atoms with E-state index in [0.717, 1.165) is 11.3 Å². The van der Waals surface area contributed by atoms with Crippen LogP contribution < -0.4 is 5.73 Å². The van der Waals surface area contributed by atoms with E-state index in [9.17, 15) is 4.79 Å². The summed E-state index contributed by atoms with van der Waals surface area (Å²) in [4.78, 5) is 12.0. The van der Waals surface area contributed by atoms with Crippen molar-refractivity contribution in [2.75, 3.05) is 6.54 Å². The van der Waals surface area contributed by atoms with Crippen LogP contribution in [-0.4, -0.2) is 23.2 Å². The minimum atomic E-state index is -0.237. The van der Waals surface area contributed by atoms with E-state index in [2.05, 4.69) is 5.10 Å². The molecule has 2 rings (SSSR count). The number of amides is 1. The molecule has 17 heavy (non-hydrogen) atoms. The van der Waals surface area contributed by atoms with Gasteiger partial charge in [-0.3, -0.25) is 4.79 Å². The highest BCUT2D eigenvalue weighted by atomic mass is 16.2. The zero-order valence-corrected chi connectivity index (χ0v) is 10.2. The van der Waals surface area contributed by atoms with Crippen molar-refractivity contribution < 1.29 is 4.79 Å². The molecule has 0 fully saturated rings. The number of hydrazone groups is 1. The lowest BCUT2D eigenvalue weighted by Crippen LogP contribution is -2.32. The van der Waals surface area contributed by atoms with Crippen LogP contribution in [0.25, 0.3) is 0 Å². The molecular weight excluding hydrogens is 214 g/mol. The molecule has 1 aromatic carbocycles. The highest BCUT2D eigenvalue weighted by molar-refractivity contribution is 6.07. The number of carbonyl (C=O) groups excluding carboxylic acids is 1. The molecule has 1 aliphatic rings. The normalized spacial score (nSPS) is 19.7. The zero-order valence-electron chi connectivity index (χ0n) is 10.2. The van der Waals surface area contributed by atoms with E-state index in [1.807, 2.05) is 38.1 Å². The molecule has 0 aromatic heterocycles. The second kappa shape index (κ2) is 4.67. The molecule has 1 atom stereocenters. The summed E-state index contributed by atoms with van der Waals surface area (Å²) < 4.78 is 0. The summed E-state index contributed by atoms with van der Waals surface area (Å²) in [6, 6.07) is 8.01. The van der Waals surface area contributed by atoms with Gasteiger partial charge >= 0.3 is 0 Å². The van der Waals surface area contributed by atoms with Crippen molar-refractivity contribution in [3.63, 3.8) is 0 Å². The Hall–Kier alpha value is -1.68. The molecule has 1 unspecified atom stereocenters. The highest BCUT2D eigenvalue weighted by Gasteiger charge is 2.32. The first kappa shape index (κ1) is 11.8. The molecule has 1 aliphatic heterocycles. The van der Waals surface area contributed by atoms with E-state index < -0.39 is 0 Å². The average Bonchev–Trinajstić information content (AvgIpc) is 2.57. The second-order valence-corrected chi connectivity index (χ2v) is 4.35. The van der Waals surface area contributed by atoms with Gasteiger partial charge in [-0.05, 0) is 25.0 Å².